The van der Waals surface area contributed by atoms with Crippen LogP contribution in [-0.4, -0.2) is 39.2 Å². The normalized spacial score (nSPS) is 23.3. The van der Waals surface area contributed by atoms with E-state index in [1.54, 1.807) is 12.1 Å². The molecule has 0 spiro atoms. The van der Waals surface area contributed by atoms with E-state index in [0.717, 1.165) is 0 Å². The molecule has 0 unspecified atom stereocenters. The standard InChI is InChI=1S/C16H22N2O2/c1-15(2)14(18(20)16(3,4)17(15)5)11-13(19)12-9-7-6-8-10-12/h6-11,20H,1-5H3/b14-11-. The SMILES string of the molecule is CN1C(C)(C)/C(=C/C(=O)c2ccccc2)N(O)C1(C)C. The molecule has 0 aliphatic carbocycles. The van der Waals surface area contributed by atoms with Gasteiger partial charge in [-0.1, -0.05) is 30.3 Å². The van der Waals surface area contributed by atoms with Gasteiger partial charge in [-0.3, -0.25) is 14.9 Å². The Morgan fingerprint density at radius 3 is 2.15 bits per heavy atom. The summed E-state index contributed by atoms with van der Waals surface area (Å²) in [5.74, 6) is -0.0983. The van der Waals surface area contributed by atoms with Crippen molar-refractivity contribution >= 4 is 5.78 Å². The third-order valence-corrected chi connectivity index (χ3v) is 4.36. The number of nitrogens with zero attached hydrogens (tertiary/aromatic N) is 2. The first-order valence-corrected chi connectivity index (χ1v) is 6.73. The Labute approximate surface area is 120 Å². The monoisotopic (exact) mass is 274 g/mol. The number of carbonyl (C=O) groups is 1. The van der Waals surface area contributed by atoms with Gasteiger partial charge in [-0.2, -0.15) is 0 Å². The summed E-state index contributed by atoms with van der Waals surface area (Å²) in [6.45, 7) is 7.83. The molecule has 1 heterocycles. The fourth-order valence-electron chi connectivity index (χ4n) is 2.60. The van der Waals surface area contributed by atoms with Crippen molar-refractivity contribution in [2.24, 2.45) is 0 Å². The van der Waals surface area contributed by atoms with E-state index in [2.05, 4.69) is 0 Å². The Bertz CT molecular complexity index is 547. The molecule has 1 N–H and O–H groups in total. The van der Waals surface area contributed by atoms with Crippen LogP contribution in [-0.2, 0) is 0 Å². The van der Waals surface area contributed by atoms with Crippen LogP contribution in [0.15, 0.2) is 42.1 Å². The van der Waals surface area contributed by atoms with Crippen LogP contribution in [0.4, 0.5) is 0 Å². The fraction of sp³-hybridized carbons (Fsp3) is 0.438. The zero-order valence-corrected chi connectivity index (χ0v) is 12.7. The molecule has 0 bridgehead atoms. The van der Waals surface area contributed by atoms with E-state index in [1.807, 2.05) is 57.8 Å². The summed E-state index contributed by atoms with van der Waals surface area (Å²) in [4.78, 5) is 14.4. The minimum Gasteiger partial charge on any atom is -0.289 e. The minimum atomic E-state index is -0.549. The molecule has 4 heteroatoms. The maximum absolute atomic E-state index is 12.3. The van der Waals surface area contributed by atoms with Gasteiger partial charge >= 0.3 is 0 Å². The van der Waals surface area contributed by atoms with Crippen LogP contribution >= 0.6 is 0 Å². The summed E-state index contributed by atoms with van der Waals surface area (Å²) in [6.07, 6.45) is 1.53. The quantitative estimate of drug-likeness (QED) is 0.665. The average Bonchev–Trinajstić information content (AvgIpc) is 2.52. The number of carbonyl (C=O) groups excluding carboxylic acids is 1. The number of rotatable bonds is 2. The molecular weight excluding hydrogens is 252 g/mol. The van der Waals surface area contributed by atoms with Crippen LogP contribution in [0, 0.1) is 0 Å². The molecule has 2 rings (SSSR count). The number of hydrogen-bond donors (Lipinski definition) is 1. The number of ketones is 1. The first kappa shape index (κ1) is 14.8. The first-order valence-electron chi connectivity index (χ1n) is 6.73. The molecular formula is C16H22N2O2. The zero-order chi connectivity index (χ0) is 15.1. The number of allylic oxidation sites excluding steroid dienone is 1. The van der Waals surface area contributed by atoms with Crippen LogP contribution in [0.3, 0.4) is 0 Å². The fourth-order valence-corrected chi connectivity index (χ4v) is 2.60. The summed E-state index contributed by atoms with van der Waals surface area (Å²) in [6, 6.07) is 9.09. The Morgan fingerprint density at radius 1 is 1.15 bits per heavy atom. The predicted octanol–water partition coefficient (Wildman–Crippen LogP) is 2.90. The Hall–Kier alpha value is -1.65. The highest BCUT2D eigenvalue weighted by molar-refractivity contribution is 6.05. The number of hydrogen-bond acceptors (Lipinski definition) is 4. The maximum atomic E-state index is 12.3. The van der Waals surface area contributed by atoms with Gasteiger partial charge in [-0.15, -0.1) is 0 Å². The lowest BCUT2D eigenvalue weighted by atomic mass is 9.98. The molecule has 1 aliphatic rings. The second-order valence-corrected chi connectivity index (χ2v) is 6.18. The van der Waals surface area contributed by atoms with Crippen LogP contribution in [0.1, 0.15) is 38.1 Å². The van der Waals surface area contributed by atoms with Gasteiger partial charge in [0.1, 0.15) is 5.66 Å². The lowest BCUT2D eigenvalue weighted by Crippen LogP contribution is -2.48. The smallest absolute Gasteiger partial charge is 0.187 e. The van der Waals surface area contributed by atoms with E-state index >= 15 is 0 Å². The van der Waals surface area contributed by atoms with Crippen molar-refractivity contribution in [1.82, 2.24) is 9.96 Å². The van der Waals surface area contributed by atoms with Gasteiger partial charge < -0.3 is 0 Å². The van der Waals surface area contributed by atoms with E-state index in [4.69, 9.17) is 0 Å². The molecule has 1 aromatic rings. The van der Waals surface area contributed by atoms with Gasteiger partial charge in [0.05, 0.1) is 11.2 Å². The second-order valence-electron chi connectivity index (χ2n) is 6.18. The van der Waals surface area contributed by atoms with E-state index in [1.165, 1.54) is 11.1 Å². The molecule has 4 nitrogen and oxygen atoms in total. The Kier molecular flexibility index (Phi) is 3.48. The van der Waals surface area contributed by atoms with E-state index in [9.17, 15) is 10.0 Å². The summed E-state index contributed by atoms with van der Waals surface area (Å²) in [5.41, 5.74) is 0.269. The third kappa shape index (κ3) is 2.15. The van der Waals surface area contributed by atoms with Crippen molar-refractivity contribution in [3.8, 4) is 0 Å². The molecule has 0 atom stereocenters. The van der Waals surface area contributed by atoms with Crippen molar-refractivity contribution in [2.45, 2.75) is 38.9 Å². The molecule has 1 saturated heterocycles. The number of benzene rings is 1. The molecule has 1 fully saturated rings. The van der Waals surface area contributed by atoms with Crippen molar-refractivity contribution in [1.29, 1.82) is 0 Å². The van der Waals surface area contributed by atoms with E-state index < -0.39 is 11.2 Å². The van der Waals surface area contributed by atoms with Gasteiger partial charge in [0, 0.05) is 11.6 Å². The summed E-state index contributed by atoms with van der Waals surface area (Å²) >= 11 is 0. The highest BCUT2D eigenvalue weighted by atomic mass is 16.5. The van der Waals surface area contributed by atoms with Gasteiger partial charge in [0.2, 0.25) is 0 Å². The Balaban J connectivity index is 2.42. The van der Waals surface area contributed by atoms with Gasteiger partial charge in [-0.05, 0) is 34.7 Å². The first-order chi connectivity index (χ1) is 9.19. The molecule has 0 aromatic heterocycles. The van der Waals surface area contributed by atoms with Crippen molar-refractivity contribution in [2.75, 3.05) is 7.05 Å². The van der Waals surface area contributed by atoms with E-state index in [0.29, 0.717) is 11.3 Å². The van der Waals surface area contributed by atoms with Gasteiger partial charge in [0.25, 0.3) is 0 Å². The van der Waals surface area contributed by atoms with Crippen LogP contribution in [0.5, 0.6) is 0 Å². The minimum absolute atomic E-state index is 0.0983. The van der Waals surface area contributed by atoms with Crippen LogP contribution in [0.2, 0.25) is 0 Å². The highest BCUT2D eigenvalue weighted by Crippen LogP contribution is 2.42. The second kappa shape index (κ2) is 4.72. The molecule has 0 radical (unpaired) electrons. The summed E-state index contributed by atoms with van der Waals surface area (Å²) < 4.78 is 0. The van der Waals surface area contributed by atoms with Crippen molar-refractivity contribution < 1.29 is 10.0 Å². The Morgan fingerprint density at radius 2 is 1.70 bits per heavy atom. The molecule has 1 aromatic carbocycles. The van der Waals surface area contributed by atoms with E-state index in [-0.39, 0.29) is 5.78 Å². The summed E-state index contributed by atoms with van der Waals surface area (Å²) in [7, 11) is 1.94. The number of hydroxylamine groups is 2. The van der Waals surface area contributed by atoms with Crippen molar-refractivity contribution in [3.05, 3.63) is 47.7 Å². The molecule has 20 heavy (non-hydrogen) atoms. The largest absolute Gasteiger partial charge is 0.289 e. The van der Waals surface area contributed by atoms with Crippen LogP contribution < -0.4 is 0 Å². The van der Waals surface area contributed by atoms with Crippen LogP contribution in [0.25, 0.3) is 0 Å². The zero-order valence-electron chi connectivity index (χ0n) is 12.7. The number of likely N-dealkylation sites (N-methyl/N-ethyl adjacent to an activating group) is 1. The predicted molar refractivity (Wildman–Crippen MR) is 78.4 cm³/mol. The topological polar surface area (TPSA) is 43.8 Å². The lowest BCUT2D eigenvalue weighted by molar-refractivity contribution is -0.147. The highest BCUT2D eigenvalue weighted by Gasteiger charge is 2.51. The third-order valence-electron chi connectivity index (χ3n) is 4.36. The molecule has 0 saturated carbocycles. The van der Waals surface area contributed by atoms with Gasteiger partial charge in [0.15, 0.2) is 5.78 Å². The molecule has 0 amide bonds. The lowest BCUT2D eigenvalue weighted by Gasteiger charge is -2.35. The summed E-state index contributed by atoms with van der Waals surface area (Å²) in [5, 5.41) is 11.6. The molecule has 1 aliphatic heterocycles. The average molecular weight is 274 g/mol. The van der Waals surface area contributed by atoms with Gasteiger partial charge in [-0.25, -0.2) is 5.06 Å². The maximum Gasteiger partial charge on any atom is 0.187 e. The molecule has 108 valence electrons. The van der Waals surface area contributed by atoms with Crippen molar-refractivity contribution in [3.63, 3.8) is 0 Å².